The Hall–Kier alpha value is -1.27. The zero-order valence-electron chi connectivity index (χ0n) is 10.6. The summed E-state index contributed by atoms with van der Waals surface area (Å²) in [6.45, 7) is 2.73. The second kappa shape index (κ2) is 5.58. The third kappa shape index (κ3) is 2.76. The molecule has 98 valence electrons. The molecule has 0 spiro atoms. The van der Waals surface area contributed by atoms with E-state index in [-0.39, 0.29) is 17.9 Å². The summed E-state index contributed by atoms with van der Waals surface area (Å²) < 4.78 is 0. The van der Waals surface area contributed by atoms with Gasteiger partial charge in [0.1, 0.15) is 0 Å². The second-order valence-corrected chi connectivity index (χ2v) is 5.39. The highest BCUT2D eigenvalue weighted by atomic mass is 32.1. The maximum Gasteiger partial charge on any atom is 0.246 e. The lowest BCUT2D eigenvalue weighted by Gasteiger charge is -2.28. The molecule has 5 nitrogen and oxygen atoms in total. The van der Waals surface area contributed by atoms with Gasteiger partial charge in [-0.2, -0.15) is 0 Å². The highest BCUT2D eigenvalue weighted by molar-refractivity contribution is 7.09. The Balaban J connectivity index is 1.82. The van der Waals surface area contributed by atoms with Gasteiger partial charge < -0.3 is 5.32 Å². The monoisotopic (exact) mass is 267 g/mol. The molecule has 1 aliphatic heterocycles. The molecule has 0 bridgehead atoms. The number of piperidine rings is 1. The van der Waals surface area contributed by atoms with Crippen molar-refractivity contribution in [3.05, 3.63) is 16.1 Å². The minimum absolute atomic E-state index is 0.0867. The fourth-order valence-electron chi connectivity index (χ4n) is 2.03. The van der Waals surface area contributed by atoms with Crippen molar-refractivity contribution in [2.45, 2.75) is 32.2 Å². The van der Waals surface area contributed by atoms with Crippen LogP contribution in [0, 0.1) is 6.92 Å². The van der Waals surface area contributed by atoms with Crippen LogP contribution in [0.1, 0.15) is 23.4 Å². The number of aryl methyl sites for hydroxylation is 1. The van der Waals surface area contributed by atoms with E-state index in [0.29, 0.717) is 12.8 Å². The first-order chi connectivity index (χ1) is 8.59. The number of thiazole rings is 1. The lowest BCUT2D eigenvalue weighted by atomic mass is 10.0. The lowest BCUT2D eigenvalue weighted by molar-refractivity contribution is -0.148. The molecule has 2 rings (SSSR count). The van der Waals surface area contributed by atoms with Crippen LogP contribution in [-0.2, 0) is 16.0 Å². The van der Waals surface area contributed by atoms with Crippen molar-refractivity contribution in [1.29, 1.82) is 0 Å². The minimum Gasteiger partial charge on any atom is -0.305 e. The Labute approximate surface area is 110 Å². The smallest absolute Gasteiger partial charge is 0.246 e. The molecule has 1 aliphatic rings. The molecule has 6 heteroatoms. The molecule has 1 fully saturated rings. The molecule has 1 aromatic heterocycles. The Morgan fingerprint density at radius 2 is 2.33 bits per heavy atom. The highest BCUT2D eigenvalue weighted by Crippen LogP contribution is 2.14. The summed E-state index contributed by atoms with van der Waals surface area (Å²) in [5, 5.41) is 3.22. The van der Waals surface area contributed by atoms with E-state index in [1.54, 1.807) is 18.4 Å². The Bertz CT molecular complexity index is 458. The number of likely N-dealkylation sites (N-methyl/N-ethyl adjacent to an activating group) is 1. The average molecular weight is 267 g/mol. The van der Waals surface area contributed by atoms with Crippen LogP contribution in [0.5, 0.6) is 0 Å². The van der Waals surface area contributed by atoms with E-state index in [9.17, 15) is 9.59 Å². The molecule has 1 aromatic rings. The van der Waals surface area contributed by atoms with Crippen molar-refractivity contribution in [3.8, 4) is 0 Å². The maximum absolute atomic E-state index is 11.8. The largest absolute Gasteiger partial charge is 0.305 e. The van der Waals surface area contributed by atoms with Crippen molar-refractivity contribution < 1.29 is 9.59 Å². The van der Waals surface area contributed by atoms with Crippen LogP contribution in [0.25, 0.3) is 0 Å². The van der Waals surface area contributed by atoms with E-state index >= 15 is 0 Å². The maximum atomic E-state index is 11.8. The van der Waals surface area contributed by atoms with E-state index in [4.69, 9.17) is 0 Å². The van der Waals surface area contributed by atoms with Gasteiger partial charge in [0.05, 0.1) is 17.2 Å². The zero-order chi connectivity index (χ0) is 13.1. The van der Waals surface area contributed by atoms with E-state index < -0.39 is 0 Å². The average Bonchev–Trinajstić information content (AvgIpc) is 2.75. The molecule has 2 amide bonds. The van der Waals surface area contributed by atoms with E-state index in [2.05, 4.69) is 10.3 Å². The molecular weight excluding hydrogens is 250 g/mol. The summed E-state index contributed by atoms with van der Waals surface area (Å²) in [6.07, 6.45) is 1.92. The Morgan fingerprint density at radius 1 is 1.56 bits per heavy atom. The third-order valence-electron chi connectivity index (χ3n) is 3.24. The van der Waals surface area contributed by atoms with Crippen molar-refractivity contribution in [2.24, 2.45) is 0 Å². The number of nitrogens with one attached hydrogen (secondary N) is 1. The van der Waals surface area contributed by atoms with Crippen molar-refractivity contribution in [1.82, 2.24) is 15.2 Å². The Kier molecular flexibility index (Phi) is 4.08. The number of nitrogens with zero attached hydrogens (tertiary/aromatic N) is 2. The number of carbonyl (C=O) groups is 2. The first-order valence-electron chi connectivity index (χ1n) is 6.02. The first-order valence-corrected chi connectivity index (χ1v) is 6.90. The predicted molar refractivity (Wildman–Crippen MR) is 69.4 cm³/mol. The number of carbonyl (C=O) groups excluding carboxylic acids is 2. The number of aromatic nitrogens is 1. The van der Waals surface area contributed by atoms with E-state index in [0.717, 1.165) is 18.7 Å². The van der Waals surface area contributed by atoms with E-state index in [1.807, 2.05) is 12.4 Å². The van der Waals surface area contributed by atoms with Gasteiger partial charge in [-0.05, 0) is 19.8 Å². The molecule has 1 N–H and O–H groups in total. The summed E-state index contributed by atoms with van der Waals surface area (Å²) in [5.41, 5.74) is 2.90. The number of rotatable bonds is 4. The van der Waals surface area contributed by atoms with Gasteiger partial charge in [-0.3, -0.25) is 14.5 Å². The number of imide groups is 1. The van der Waals surface area contributed by atoms with Gasteiger partial charge >= 0.3 is 0 Å². The van der Waals surface area contributed by atoms with Crippen LogP contribution < -0.4 is 5.32 Å². The van der Waals surface area contributed by atoms with Gasteiger partial charge in [-0.1, -0.05) is 0 Å². The molecule has 2 heterocycles. The van der Waals surface area contributed by atoms with Crippen LogP contribution >= 0.6 is 11.3 Å². The number of hydrogen-bond acceptors (Lipinski definition) is 5. The fraction of sp³-hybridized carbons (Fsp3) is 0.583. The quantitative estimate of drug-likeness (QED) is 0.817. The predicted octanol–water partition coefficient (Wildman–Crippen LogP) is 0.731. The summed E-state index contributed by atoms with van der Waals surface area (Å²) in [4.78, 5) is 29.8. The molecule has 1 saturated heterocycles. The van der Waals surface area contributed by atoms with Crippen molar-refractivity contribution in [3.63, 3.8) is 0 Å². The number of hydrogen-bond donors (Lipinski definition) is 1. The van der Waals surface area contributed by atoms with Gasteiger partial charge in [0.2, 0.25) is 11.8 Å². The van der Waals surface area contributed by atoms with Crippen LogP contribution in [0.3, 0.4) is 0 Å². The molecule has 0 saturated carbocycles. The minimum atomic E-state index is -0.221. The normalized spacial score (nSPS) is 20.6. The summed E-state index contributed by atoms with van der Waals surface area (Å²) in [5.74, 6) is -0.205. The molecule has 0 aliphatic carbocycles. The van der Waals surface area contributed by atoms with Crippen LogP contribution in [0.15, 0.2) is 5.51 Å². The van der Waals surface area contributed by atoms with Crippen LogP contribution in [0.2, 0.25) is 0 Å². The topological polar surface area (TPSA) is 62.3 Å². The van der Waals surface area contributed by atoms with E-state index in [1.165, 1.54) is 9.78 Å². The fourth-order valence-corrected chi connectivity index (χ4v) is 2.81. The molecule has 1 atom stereocenters. The van der Waals surface area contributed by atoms with Gasteiger partial charge in [0.15, 0.2) is 0 Å². The molecule has 0 aromatic carbocycles. The van der Waals surface area contributed by atoms with Crippen LogP contribution in [-0.4, -0.2) is 41.3 Å². The third-order valence-corrected chi connectivity index (χ3v) is 4.23. The molecule has 1 unspecified atom stereocenters. The van der Waals surface area contributed by atoms with Gasteiger partial charge in [-0.25, -0.2) is 4.98 Å². The first kappa shape index (κ1) is 13.2. The van der Waals surface area contributed by atoms with Crippen molar-refractivity contribution >= 4 is 23.2 Å². The summed E-state index contributed by atoms with van der Waals surface area (Å²) >= 11 is 1.64. The molecule has 0 radical (unpaired) electrons. The molecular formula is C12H17N3O2S. The van der Waals surface area contributed by atoms with Crippen molar-refractivity contribution in [2.75, 3.05) is 13.6 Å². The second-order valence-electron chi connectivity index (χ2n) is 4.45. The number of amides is 2. The summed E-state index contributed by atoms with van der Waals surface area (Å²) in [6, 6.07) is -0.221. The van der Waals surface area contributed by atoms with Gasteiger partial charge in [-0.15, -0.1) is 11.3 Å². The molecule has 18 heavy (non-hydrogen) atoms. The number of likely N-dealkylation sites (tertiary alicyclic amines) is 1. The van der Waals surface area contributed by atoms with Gasteiger partial charge in [0.25, 0.3) is 0 Å². The Morgan fingerprint density at radius 3 is 3.00 bits per heavy atom. The summed E-state index contributed by atoms with van der Waals surface area (Å²) in [7, 11) is 1.55. The van der Waals surface area contributed by atoms with Crippen LogP contribution in [0.4, 0.5) is 0 Å². The highest BCUT2D eigenvalue weighted by Gasteiger charge is 2.30. The lowest BCUT2D eigenvalue weighted by Crippen LogP contribution is -2.51. The zero-order valence-corrected chi connectivity index (χ0v) is 11.4. The standard InChI is InChI=1S/C12H17N3O2S/c1-8-10(18-7-14-8)5-6-13-9-3-4-11(16)15(2)12(9)17/h7,9,13H,3-6H2,1-2H3. The SMILES string of the molecule is Cc1ncsc1CCNC1CCC(=O)N(C)C1=O. The van der Waals surface area contributed by atoms with Gasteiger partial charge in [0, 0.05) is 24.9 Å².